The summed E-state index contributed by atoms with van der Waals surface area (Å²) in [6.45, 7) is 0. The highest BCUT2D eigenvalue weighted by atomic mass is 16.4. The van der Waals surface area contributed by atoms with Gasteiger partial charge in [-0.2, -0.15) is 0 Å². The maximum absolute atomic E-state index is 12.4. The highest BCUT2D eigenvalue weighted by Gasteiger charge is 2.37. The molecule has 1 aliphatic carbocycles. The number of imidazole rings is 1. The van der Waals surface area contributed by atoms with Gasteiger partial charge in [0.2, 0.25) is 0 Å². The summed E-state index contributed by atoms with van der Waals surface area (Å²) in [4.78, 5) is 16.3. The molecule has 0 radical (unpaired) electrons. The lowest BCUT2D eigenvalue weighted by atomic mass is 9.88. The van der Waals surface area contributed by atoms with Crippen LogP contribution in [0.15, 0.2) is 17.7 Å². The van der Waals surface area contributed by atoms with E-state index in [1.165, 1.54) is 6.20 Å². The zero-order valence-corrected chi connectivity index (χ0v) is 11.7. The molecular formula is C13H21N5O2. The average molecular weight is 279 g/mol. The van der Waals surface area contributed by atoms with Crippen molar-refractivity contribution in [3.05, 3.63) is 18.2 Å². The second-order valence-electron chi connectivity index (χ2n) is 5.33. The number of aryl methyl sites for hydroxylation is 1. The molecule has 1 heterocycles. The SMILES string of the molecule is Cn1cncc1C(=O)NC1(/C(N)=N/O)CCCCCC1. The molecule has 4 N–H and O–H groups in total. The molecule has 0 unspecified atom stereocenters. The van der Waals surface area contributed by atoms with E-state index in [-0.39, 0.29) is 11.7 Å². The van der Waals surface area contributed by atoms with E-state index in [0.717, 1.165) is 25.7 Å². The summed E-state index contributed by atoms with van der Waals surface area (Å²) < 4.78 is 1.64. The smallest absolute Gasteiger partial charge is 0.270 e. The number of oxime groups is 1. The van der Waals surface area contributed by atoms with Crippen molar-refractivity contribution in [1.82, 2.24) is 14.9 Å². The molecule has 0 spiro atoms. The number of hydrogen-bond donors (Lipinski definition) is 3. The van der Waals surface area contributed by atoms with Gasteiger partial charge in [0.15, 0.2) is 5.84 Å². The van der Waals surface area contributed by atoms with Crippen LogP contribution in [0.2, 0.25) is 0 Å². The molecule has 1 aromatic heterocycles. The molecule has 7 nitrogen and oxygen atoms in total. The Bertz CT molecular complexity index is 501. The van der Waals surface area contributed by atoms with Crippen LogP contribution in [-0.2, 0) is 7.05 Å². The molecule has 0 aliphatic heterocycles. The van der Waals surface area contributed by atoms with Gasteiger partial charge in [-0.05, 0) is 12.8 Å². The van der Waals surface area contributed by atoms with Gasteiger partial charge in [0, 0.05) is 7.05 Å². The van der Waals surface area contributed by atoms with Gasteiger partial charge in [-0.3, -0.25) is 4.79 Å². The summed E-state index contributed by atoms with van der Waals surface area (Å²) in [7, 11) is 1.76. The highest BCUT2D eigenvalue weighted by molar-refractivity contribution is 5.99. The Morgan fingerprint density at radius 1 is 1.45 bits per heavy atom. The molecule has 1 amide bonds. The Kier molecular flexibility index (Phi) is 4.26. The fourth-order valence-electron chi connectivity index (χ4n) is 2.73. The molecular weight excluding hydrogens is 258 g/mol. The molecule has 1 aromatic rings. The Morgan fingerprint density at radius 3 is 2.60 bits per heavy atom. The van der Waals surface area contributed by atoms with Crippen LogP contribution in [-0.4, -0.2) is 32.0 Å². The Balaban J connectivity index is 2.24. The Morgan fingerprint density at radius 2 is 2.10 bits per heavy atom. The molecule has 1 aliphatic rings. The van der Waals surface area contributed by atoms with Crippen molar-refractivity contribution in [2.45, 2.75) is 44.1 Å². The fourth-order valence-corrected chi connectivity index (χ4v) is 2.73. The van der Waals surface area contributed by atoms with Gasteiger partial charge in [0.25, 0.3) is 5.91 Å². The normalized spacial score (nSPS) is 19.4. The minimum atomic E-state index is -0.757. The zero-order valence-electron chi connectivity index (χ0n) is 11.7. The molecule has 1 saturated carbocycles. The summed E-state index contributed by atoms with van der Waals surface area (Å²) in [6.07, 6.45) is 8.54. The molecule has 0 aromatic carbocycles. The first-order valence-corrected chi connectivity index (χ1v) is 6.86. The summed E-state index contributed by atoms with van der Waals surface area (Å²) >= 11 is 0. The van der Waals surface area contributed by atoms with Crippen molar-refractivity contribution in [2.24, 2.45) is 17.9 Å². The maximum atomic E-state index is 12.4. The van der Waals surface area contributed by atoms with Gasteiger partial charge in [-0.15, -0.1) is 0 Å². The van der Waals surface area contributed by atoms with E-state index in [2.05, 4.69) is 15.5 Å². The zero-order chi connectivity index (χ0) is 14.6. The number of nitrogens with two attached hydrogens (primary N) is 1. The van der Waals surface area contributed by atoms with Crippen LogP contribution in [0.5, 0.6) is 0 Å². The molecule has 7 heteroatoms. The summed E-state index contributed by atoms with van der Waals surface area (Å²) in [6, 6.07) is 0. The first-order chi connectivity index (χ1) is 9.59. The van der Waals surface area contributed by atoms with Gasteiger partial charge in [-0.25, -0.2) is 4.98 Å². The molecule has 0 saturated heterocycles. The molecule has 2 rings (SSSR count). The van der Waals surface area contributed by atoms with E-state index in [1.807, 2.05) is 0 Å². The highest BCUT2D eigenvalue weighted by Crippen LogP contribution is 2.27. The predicted octanol–water partition coefficient (Wildman–Crippen LogP) is 0.989. The lowest BCUT2D eigenvalue weighted by Crippen LogP contribution is -2.57. The van der Waals surface area contributed by atoms with Crippen LogP contribution in [0.3, 0.4) is 0 Å². The van der Waals surface area contributed by atoms with E-state index < -0.39 is 5.54 Å². The van der Waals surface area contributed by atoms with Gasteiger partial charge < -0.3 is 20.8 Å². The van der Waals surface area contributed by atoms with Gasteiger partial charge in [-0.1, -0.05) is 30.8 Å². The standard InChI is InChI=1S/C13H21N5O2/c1-18-9-15-8-10(18)11(19)16-13(12(14)17-20)6-4-2-3-5-7-13/h8-9,20H,2-7H2,1H3,(H2,14,17)(H,16,19). The van der Waals surface area contributed by atoms with E-state index >= 15 is 0 Å². The van der Waals surface area contributed by atoms with Crippen molar-refractivity contribution in [2.75, 3.05) is 0 Å². The minimum absolute atomic E-state index is 0.0786. The van der Waals surface area contributed by atoms with Crippen molar-refractivity contribution < 1.29 is 10.0 Å². The summed E-state index contributed by atoms with van der Waals surface area (Å²) in [5, 5.41) is 15.1. The fraction of sp³-hybridized carbons (Fsp3) is 0.615. The second kappa shape index (κ2) is 5.94. The predicted molar refractivity (Wildman–Crippen MR) is 74.5 cm³/mol. The van der Waals surface area contributed by atoms with Crippen molar-refractivity contribution in [1.29, 1.82) is 0 Å². The van der Waals surface area contributed by atoms with Crippen LogP contribution in [0, 0.1) is 0 Å². The van der Waals surface area contributed by atoms with E-state index in [4.69, 9.17) is 10.9 Å². The number of carbonyl (C=O) groups is 1. The van der Waals surface area contributed by atoms with Crippen LogP contribution < -0.4 is 11.1 Å². The third kappa shape index (κ3) is 2.76. The topological polar surface area (TPSA) is 106 Å². The van der Waals surface area contributed by atoms with Crippen molar-refractivity contribution in [3.63, 3.8) is 0 Å². The van der Waals surface area contributed by atoms with Crippen LogP contribution >= 0.6 is 0 Å². The monoisotopic (exact) mass is 279 g/mol. The maximum Gasteiger partial charge on any atom is 0.270 e. The number of hydrogen-bond acceptors (Lipinski definition) is 4. The number of amidine groups is 1. The minimum Gasteiger partial charge on any atom is -0.409 e. The number of nitrogens with zero attached hydrogens (tertiary/aromatic N) is 3. The van der Waals surface area contributed by atoms with Crippen molar-refractivity contribution >= 4 is 11.7 Å². The largest absolute Gasteiger partial charge is 0.409 e. The number of nitrogens with one attached hydrogen (secondary N) is 1. The quantitative estimate of drug-likeness (QED) is 0.252. The Hall–Kier alpha value is -2.05. The van der Waals surface area contributed by atoms with Gasteiger partial charge >= 0.3 is 0 Å². The third-order valence-corrected chi connectivity index (χ3v) is 3.96. The number of aromatic nitrogens is 2. The molecule has 110 valence electrons. The van der Waals surface area contributed by atoms with E-state index in [0.29, 0.717) is 18.5 Å². The van der Waals surface area contributed by atoms with Gasteiger partial charge in [0.05, 0.1) is 12.5 Å². The van der Waals surface area contributed by atoms with Gasteiger partial charge in [0.1, 0.15) is 11.2 Å². The lowest BCUT2D eigenvalue weighted by molar-refractivity contribution is 0.0907. The lowest BCUT2D eigenvalue weighted by Gasteiger charge is -2.32. The second-order valence-corrected chi connectivity index (χ2v) is 5.33. The Labute approximate surface area is 117 Å². The number of rotatable bonds is 3. The molecule has 0 bridgehead atoms. The average Bonchev–Trinajstić information content (AvgIpc) is 2.73. The van der Waals surface area contributed by atoms with E-state index in [9.17, 15) is 4.79 Å². The third-order valence-electron chi connectivity index (χ3n) is 3.96. The summed E-state index contributed by atoms with van der Waals surface area (Å²) in [5.74, 6) is -0.173. The number of amides is 1. The van der Waals surface area contributed by atoms with Crippen molar-refractivity contribution in [3.8, 4) is 0 Å². The summed E-state index contributed by atoms with van der Waals surface area (Å²) in [5.41, 5.74) is 5.56. The molecule has 0 atom stereocenters. The first-order valence-electron chi connectivity index (χ1n) is 6.86. The van der Waals surface area contributed by atoms with Crippen LogP contribution in [0.1, 0.15) is 49.0 Å². The molecule has 1 fully saturated rings. The number of carbonyl (C=O) groups excluding carboxylic acids is 1. The van der Waals surface area contributed by atoms with E-state index in [1.54, 1.807) is 17.9 Å². The first kappa shape index (κ1) is 14.4. The van der Waals surface area contributed by atoms with Crippen LogP contribution in [0.4, 0.5) is 0 Å². The molecule has 20 heavy (non-hydrogen) atoms. The van der Waals surface area contributed by atoms with Crippen LogP contribution in [0.25, 0.3) is 0 Å².